The minimum absolute atomic E-state index is 0.0591. The zero-order chi connectivity index (χ0) is 19.9. The molecule has 1 aliphatic heterocycles. The third-order valence-electron chi connectivity index (χ3n) is 4.86. The van der Waals surface area contributed by atoms with Gasteiger partial charge in [0.15, 0.2) is 0 Å². The number of carbonyl (C=O) groups is 1. The number of nitrogens with zero attached hydrogens (tertiary/aromatic N) is 2. The van der Waals surface area contributed by atoms with Gasteiger partial charge >= 0.3 is 6.03 Å². The number of hydrogen-bond donors (Lipinski definition) is 1. The van der Waals surface area contributed by atoms with E-state index in [0.717, 1.165) is 30.1 Å². The Morgan fingerprint density at radius 2 is 1.43 bits per heavy atom. The molecule has 1 aliphatic rings. The Balaban J connectivity index is 1.51. The summed E-state index contributed by atoms with van der Waals surface area (Å²) in [7, 11) is 4.88. The van der Waals surface area contributed by atoms with E-state index in [4.69, 9.17) is 14.2 Å². The van der Waals surface area contributed by atoms with Crippen LogP contribution in [0.4, 0.5) is 10.5 Å². The monoisotopic (exact) mass is 385 g/mol. The van der Waals surface area contributed by atoms with Crippen LogP contribution >= 0.6 is 0 Å². The van der Waals surface area contributed by atoms with Crippen LogP contribution in [0.25, 0.3) is 0 Å². The number of benzene rings is 2. The molecule has 2 amide bonds. The molecule has 2 aromatic rings. The average Bonchev–Trinajstić information content (AvgIpc) is 2.77. The molecule has 0 atom stereocenters. The first-order chi connectivity index (χ1) is 13.6. The van der Waals surface area contributed by atoms with E-state index in [1.165, 1.54) is 0 Å². The first-order valence-corrected chi connectivity index (χ1v) is 9.26. The van der Waals surface area contributed by atoms with Crippen molar-refractivity contribution in [1.29, 1.82) is 0 Å². The van der Waals surface area contributed by atoms with Gasteiger partial charge in [-0.15, -0.1) is 0 Å². The maximum atomic E-state index is 12.5. The zero-order valence-corrected chi connectivity index (χ0v) is 16.6. The van der Waals surface area contributed by atoms with Gasteiger partial charge in [0.05, 0.1) is 21.3 Å². The van der Waals surface area contributed by atoms with Crippen molar-refractivity contribution in [3.8, 4) is 17.2 Å². The number of piperazine rings is 1. The molecule has 3 rings (SSSR count). The summed E-state index contributed by atoms with van der Waals surface area (Å²) >= 11 is 0. The highest BCUT2D eigenvalue weighted by atomic mass is 16.5. The standard InChI is InChI=1S/C21H27N3O4/c1-26-18-6-4-17(5-7-18)23-8-10-24(11-9-23)21(25)22-15-16-12-19(27-2)14-20(13-16)28-3/h4-7,12-14H,8-11,15H2,1-3H3,(H,22,25). The molecule has 0 spiro atoms. The number of urea groups is 1. The van der Waals surface area contributed by atoms with Crippen LogP contribution in [0, 0.1) is 0 Å². The summed E-state index contributed by atoms with van der Waals surface area (Å²) in [6, 6.07) is 13.5. The lowest BCUT2D eigenvalue weighted by Crippen LogP contribution is -2.51. The number of anilines is 1. The van der Waals surface area contributed by atoms with Gasteiger partial charge in [-0.1, -0.05) is 0 Å². The predicted molar refractivity (Wildman–Crippen MR) is 109 cm³/mol. The van der Waals surface area contributed by atoms with Crippen molar-refractivity contribution in [2.24, 2.45) is 0 Å². The van der Waals surface area contributed by atoms with E-state index in [2.05, 4.69) is 10.2 Å². The largest absolute Gasteiger partial charge is 0.497 e. The second-order valence-electron chi connectivity index (χ2n) is 6.55. The lowest BCUT2D eigenvalue weighted by atomic mass is 10.2. The van der Waals surface area contributed by atoms with Crippen molar-refractivity contribution in [2.45, 2.75) is 6.54 Å². The van der Waals surface area contributed by atoms with Gasteiger partial charge in [0.1, 0.15) is 17.2 Å². The molecule has 7 heteroatoms. The number of ether oxygens (including phenoxy) is 3. The second-order valence-corrected chi connectivity index (χ2v) is 6.55. The van der Waals surface area contributed by atoms with E-state index in [0.29, 0.717) is 31.1 Å². The van der Waals surface area contributed by atoms with E-state index >= 15 is 0 Å². The molecule has 2 aromatic carbocycles. The van der Waals surface area contributed by atoms with Crippen LogP contribution in [-0.2, 0) is 6.54 Å². The highest BCUT2D eigenvalue weighted by Crippen LogP contribution is 2.23. The molecule has 150 valence electrons. The molecule has 0 saturated carbocycles. The molecule has 1 heterocycles. The SMILES string of the molecule is COc1ccc(N2CCN(C(=O)NCc3cc(OC)cc(OC)c3)CC2)cc1. The van der Waals surface area contributed by atoms with Crippen molar-refractivity contribution in [3.63, 3.8) is 0 Å². The maximum Gasteiger partial charge on any atom is 0.317 e. The van der Waals surface area contributed by atoms with Crippen LogP contribution in [0.5, 0.6) is 17.2 Å². The van der Waals surface area contributed by atoms with Crippen molar-refractivity contribution in [2.75, 3.05) is 52.4 Å². The first-order valence-electron chi connectivity index (χ1n) is 9.26. The van der Waals surface area contributed by atoms with Gasteiger partial charge in [-0.2, -0.15) is 0 Å². The van der Waals surface area contributed by atoms with Gasteiger partial charge in [-0.05, 0) is 42.0 Å². The lowest BCUT2D eigenvalue weighted by Gasteiger charge is -2.36. The second kappa shape index (κ2) is 9.21. The van der Waals surface area contributed by atoms with E-state index in [9.17, 15) is 4.79 Å². The maximum absolute atomic E-state index is 12.5. The van der Waals surface area contributed by atoms with E-state index < -0.39 is 0 Å². The third-order valence-corrected chi connectivity index (χ3v) is 4.86. The van der Waals surface area contributed by atoms with Crippen molar-refractivity contribution >= 4 is 11.7 Å². The summed E-state index contributed by atoms with van der Waals surface area (Å²) in [5.74, 6) is 2.25. The van der Waals surface area contributed by atoms with Crippen LogP contribution in [0.3, 0.4) is 0 Å². The van der Waals surface area contributed by atoms with Gasteiger partial charge in [0.2, 0.25) is 0 Å². The van der Waals surface area contributed by atoms with Crippen LogP contribution < -0.4 is 24.4 Å². The summed E-state index contributed by atoms with van der Waals surface area (Å²) in [4.78, 5) is 16.6. The molecule has 7 nitrogen and oxygen atoms in total. The minimum atomic E-state index is -0.0591. The van der Waals surface area contributed by atoms with Crippen LogP contribution in [0.2, 0.25) is 0 Å². The predicted octanol–water partition coefficient (Wildman–Crippen LogP) is 2.74. The molecule has 1 saturated heterocycles. The molecule has 0 bridgehead atoms. The van der Waals surface area contributed by atoms with E-state index in [1.807, 2.05) is 47.4 Å². The van der Waals surface area contributed by atoms with Crippen molar-refractivity contribution < 1.29 is 19.0 Å². The molecule has 0 aromatic heterocycles. The minimum Gasteiger partial charge on any atom is -0.497 e. The molecule has 1 fully saturated rings. The fourth-order valence-electron chi connectivity index (χ4n) is 3.22. The quantitative estimate of drug-likeness (QED) is 0.828. The van der Waals surface area contributed by atoms with Gasteiger partial charge in [-0.3, -0.25) is 0 Å². The Hall–Kier alpha value is -3.09. The summed E-state index contributed by atoms with van der Waals surface area (Å²) in [5, 5.41) is 2.98. The summed E-state index contributed by atoms with van der Waals surface area (Å²) in [5.41, 5.74) is 2.07. The average molecular weight is 385 g/mol. The van der Waals surface area contributed by atoms with Gasteiger partial charge in [-0.25, -0.2) is 4.79 Å². The van der Waals surface area contributed by atoms with Crippen LogP contribution in [0.1, 0.15) is 5.56 Å². The summed E-state index contributed by atoms with van der Waals surface area (Å²) in [6.45, 7) is 3.38. The molecule has 0 aliphatic carbocycles. The van der Waals surface area contributed by atoms with Crippen molar-refractivity contribution in [1.82, 2.24) is 10.2 Å². The smallest absolute Gasteiger partial charge is 0.317 e. The molecular formula is C21H27N3O4. The summed E-state index contributed by atoms with van der Waals surface area (Å²) < 4.78 is 15.7. The Morgan fingerprint density at radius 1 is 0.857 bits per heavy atom. The number of nitrogens with one attached hydrogen (secondary N) is 1. The Kier molecular flexibility index (Phi) is 6.47. The van der Waals surface area contributed by atoms with Gasteiger partial charge < -0.3 is 29.3 Å². The number of methoxy groups -OCH3 is 3. The number of carbonyl (C=O) groups excluding carboxylic acids is 1. The number of hydrogen-bond acceptors (Lipinski definition) is 5. The molecule has 0 unspecified atom stereocenters. The molecule has 28 heavy (non-hydrogen) atoms. The number of amides is 2. The number of rotatable bonds is 6. The normalized spacial score (nSPS) is 13.8. The van der Waals surface area contributed by atoms with Crippen molar-refractivity contribution in [3.05, 3.63) is 48.0 Å². The summed E-state index contributed by atoms with van der Waals surface area (Å²) in [6.07, 6.45) is 0. The topological polar surface area (TPSA) is 63.3 Å². The fraction of sp³-hybridized carbons (Fsp3) is 0.381. The zero-order valence-electron chi connectivity index (χ0n) is 16.6. The third kappa shape index (κ3) is 4.79. The first kappa shape index (κ1) is 19.7. The van der Waals surface area contributed by atoms with Crippen LogP contribution in [-0.4, -0.2) is 58.4 Å². The molecule has 0 radical (unpaired) electrons. The Morgan fingerprint density at radius 3 is 1.96 bits per heavy atom. The van der Waals surface area contributed by atoms with Gasteiger partial charge in [0, 0.05) is 44.5 Å². The van der Waals surface area contributed by atoms with E-state index in [-0.39, 0.29) is 6.03 Å². The Labute approximate surface area is 165 Å². The molecular weight excluding hydrogens is 358 g/mol. The highest BCUT2D eigenvalue weighted by Gasteiger charge is 2.21. The Bertz CT molecular complexity index is 764. The lowest BCUT2D eigenvalue weighted by molar-refractivity contribution is 0.194. The fourth-order valence-corrected chi connectivity index (χ4v) is 3.22. The van der Waals surface area contributed by atoms with Gasteiger partial charge in [0.25, 0.3) is 0 Å². The van der Waals surface area contributed by atoms with E-state index in [1.54, 1.807) is 21.3 Å². The molecule has 1 N–H and O–H groups in total. The van der Waals surface area contributed by atoms with Crippen LogP contribution in [0.15, 0.2) is 42.5 Å². The highest BCUT2D eigenvalue weighted by molar-refractivity contribution is 5.74.